The van der Waals surface area contributed by atoms with E-state index in [1.165, 1.54) is 13.0 Å². The lowest BCUT2D eigenvalue weighted by molar-refractivity contribution is 0.124. The van der Waals surface area contributed by atoms with Gasteiger partial charge < -0.3 is 20.3 Å². The number of likely N-dealkylation sites (tertiary alicyclic amines) is 1. The summed E-state index contributed by atoms with van der Waals surface area (Å²) in [6.07, 6.45) is 3.03. The van der Waals surface area contributed by atoms with Gasteiger partial charge in [0, 0.05) is 25.7 Å². The minimum atomic E-state index is -0.299. The first-order valence-electron chi connectivity index (χ1n) is 8.70. The van der Waals surface area contributed by atoms with Crippen molar-refractivity contribution in [3.05, 3.63) is 35.9 Å². The second kappa shape index (κ2) is 8.31. The minimum absolute atomic E-state index is 0.247. The summed E-state index contributed by atoms with van der Waals surface area (Å²) < 4.78 is 5.29. The van der Waals surface area contributed by atoms with E-state index in [-0.39, 0.29) is 12.1 Å². The fraction of sp³-hybridized carbons (Fsp3) is 0.611. The molecule has 2 saturated heterocycles. The largest absolute Gasteiger partial charge is 0.445 e. The molecule has 0 radical (unpaired) electrons. The molecule has 0 aromatic heterocycles. The maximum atomic E-state index is 11.9. The highest BCUT2D eigenvalue weighted by Crippen LogP contribution is 2.15. The fourth-order valence-corrected chi connectivity index (χ4v) is 3.43. The Morgan fingerprint density at radius 2 is 2.00 bits per heavy atom. The van der Waals surface area contributed by atoms with Gasteiger partial charge in [0.05, 0.1) is 0 Å². The van der Waals surface area contributed by atoms with Gasteiger partial charge in [0.25, 0.3) is 0 Å². The average Bonchev–Trinajstić information content (AvgIpc) is 3.09. The number of rotatable bonds is 5. The topological polar surface area (TPSA) is 53.6 Å². The van der Waals surface area contributed by atoms with Gasteiger partial charge in [0.2, 0.25) is 0 Å². The molecule has 2 aliphatic rings. The SMILES string of the molecule is O=C(NC1CCN(C[C@H]2CCNC2)CC1)OCc1ccccc1. The summed E-state index contributed by atoms with van der Waals surface area (Å²) in [6, 6.07) is 10.0. The summed E-state index contributed by atoms with van der Waals surface area (Å²) in [6.45, 7) is 5.98. The Morgan fingerprint density at radius 3 is 2.70 bits per heavy atom. The highest BCUT2D eigenvalue weighted by molar-refractivity contribution is 5.67. The van der Waals surface area contributed by atoms with Crippen LogP contribution in [-0.4, -0.2) is 49.8 Å². The number of alkyl carbamates (subject to hydrolysis) is 1. The van der Waals surface area contributed by atoms with Gasteiger partial charge in [-0.05, 0) is 43.8 Å². The number of nitrogens with one attached hydrogen (secondary N) is 2. The van der Waals surface area contributed by atoms with E-state index in [0.717, 1.165) is 50.5 Å². The number of ether oxygens (including phenoxy) is 1. The quantitative estimate of drug-likeness (QED) is 0.872. The van der Waals surface area contributed by atoms with Crippen LogP contribution in [-0.2, 0) is 11.3 Å². The summed E-state index contributed by atoms with van der Waals surface area (Å²) in [5.74, 6) is 0.801. The molecule has 0 spiro atoms. The first-order chi connectivity index (χ1) is 11.3. The Labute approximate surface area is 138 Å². The molecule has 0 saturated carbocycles. The van der Waals surface area contributed by atoms with Crippen molar-refractivity contribution in [1.82, 2.24) is 15.5 Å². The molecule has 3 rings (SSSR count). The van der Waals surface area contributed by atoms with Gasteiger partial charge in [0.15, 0.2) is 0 Å². The molecule has 2 aliphatic heterocycles. The molecular weight excluding hydrogens is 290 g/mol. The van der Waals surface area contributed by atoms with Crippen LogP contribution < -0.4 is 10.6 Å². The van der Waals surface area contributed by atoms with Crippen molar-refractivity contribution in [1.29, 1.82) is 0 Å². The molecule has 1 amide bonds. The highest BCUT2D eigenvalue weighted by atomic mass is 16.5. The zero-order chi connectivity index (χ0) is 15.9. The van der Waals surface area contributed by atoms with Crippen LogP contribution in [0.1, 0.15) is 24.8 Å². The van der Waals surface area contributed by atoms with Crippen LogP contribution in [0.25, 0.3) is 0 Å². The molecule has 5 nitrogen and oxygen atoms in total. The normalized spacial score (nSPS) is 22.9. The van der Waals surface area contributed by atoms with Crippen LogP contribution in [0.4, 0.5) is 4.79 Å². The lowest BCUT2D eigenvalue weighted by Crippen LogP contribution is -2.46. The predicted molar refractivity (Wildman–Crippen MR) is 90.2 cm³/mol. The fourth-order valence-electron chi connectivity index (χ4n) is 3.43. The lowest BCUT2D eigenvalue weighted by Gasteiger charge is -2.33. The van der Waals surface area contributed by atoms with Crippen LogP contribution in [0, 0.1) is 5.92 Å². The number of carbonyl (C=O) groups is 1. The number of nitrogens with zero attached hydrogens (tertiary/aromatic N) is 1. The van der Waals surface area contributed by atoms with Crippen LogP contribution in [0.2, 0.25) is 0 Å². The van der Waals surface area contributed by atoms with Gasteiger partial charge in [-0.1, -0.05) is 30.3 Å². The summed E-state index contributed by atoms with van der Waals surface area (Å²) in [7, 11) is 0. The van der Waals surface area contributed by atoms with Crippen molar-refractivity contribution in [3.8, 4) is 0 Å². The Morgan fingerprint density at radius 1 is 1.22 bits per heavy atom. The summed E-state index contributed by atoms with van der Waals surface area (Å²) in [5.41, 5.74) is 1.02. The van der Waals surface area contributed by atoms with Crippen molar-refractivity contribution in [2.45, 2.75) is 31.9 Å². The van der Waals surface area contributed by atoms with Crippen molar-refractivity contribution in [2.75, 3.05) is 32.7 Å². The third-order valence-corrected chi connectivity index (χ3v) is 4.80. The Bertz CT molecular complexity index is 480. The zero-order valence-corrected chi connectivity index (χ0v) is 13.7. The van der Waals surface area contributed by atoms with E-state index in [9.17, 15) is 4.79 Å². The third kappa shape index (κ3) is 5.22. The predicted octanol–water partition coefficient (Wildman–Crippen LogP) is 1.99. The van der Waals surface area contributed by atoms with E-state index in [2.05, 4.69) is 15.5 Å². The lowest BCUT2D eigenvalue weighted by atomic mass is 10.0. The number of hydrogen-bond acceptors (Lipinski definition) is 4. The van der Waals surface area contributed by atoms with E-state index in [1.807, 2.05) is 30.3 Å². The Balaban J connectivity index is 1.32. The molecular formula is C18H27N3O2. The Kier molecular flexibility index (Phi) is 5.88. The smallest absolute Gasteiger partial charge is 0.407 e. The minimum Gasteiger partial charge on any atom is -0.445 e. The van der Waals surface area contributed by atoms with Gasteiger partial charge in [-0.15, -0.1) is 0 Å². The number of benzene rings is 1. The van der Waals surface area contributed by atoms with Crippen LogP contribution in [0.15, 0.2) is 30.3 Å². The first-order valence-corrected chi connectivity index (χ1v) is 8.70. The molecule has 2 fully saturated rings. The molecule has 2 heterocycles. The molecule has 126 valence electrons. The van der Waals surface area contributed by atoms with Crippen molar-refractivity contribution in [3.63, 3.8) is 0 Å². The second-order valence-corrected chi connectivity index (χ2v) is 6.64. The van der Waals surface area contributed by atoms with Crippen molar-refractivity contribution >= 4 is 6.09 Å². The maximum absolute atomic E-state index is 11.9. The van der Waals surface area contributed by atoms with Crippen LogP contribution >= 0.6 is 0 Å². The monoisotopic (exact) mass is 317 g/mol. The molecule has 0 unspecified atom stereocenters. The molecule has 1 atom stereocenters. The zero-order valence-electron chi connectivity index (χ0n) is 13.7. The first kappa shape index (κ1) is 16.3. The maximum Gasteiger partial charge on any atom is 0.407 e. The van der Waals surface area contributed by atoms with E-state index in [0.29, 0.717) is 6.61 Å². The van der Waals surface area contributed by atoms with Gasteiger partial charge >= 0.3 is 6.09 Å². The van der Waals surface area contributed by atoms with Crippen molar-refractivity contribution < 1.29 is 9.53 Å². The molecule has 1 aromatic rings. The number of carbonyl (C=O) groups excluding carboxylic acids is 1. The highest BCUT2D eigenvalue weighted by Gasteiger charge is 2.24. The second-order valence-electron chi connectivity index (χ2n) is 6.64. The third-order valence-electron chi connectivity index (χ3n) is 4.80. The molecule has 23 heavy (non-hydrogen) atoms. The van der Waals surface area contributed by atoms with E-state index in [4.69, 9.17) is 4.74 Å². The molecule has 2 N–H and O–H groups in total. The number of piperidine rings is 1. The molecule has 0 bridgehead atoms. The number of amides is 1. The van der Waals surface area contributed by atoms with Crippen molar-refractivity contribution in [2.24, 2.45) is 5.92 Å². The van der Waals surface area contributed by atoms with Crippen LogP contribution in [0.3, 0.4) is 0 Å². The summed E-state index contributed by atoms with van der Waals surface area (Å²) in [5, 5.41) is 6.43. The molecule has 5 heteroatoms. The van der Waals surface area contributed by atoms with Crippen LogP contribution in [0.5, 0.6) is 0 Å². The molecule has 1 aromatic carbocycles. The molecule has 0 aliphatic carbocycles. The average molecular weight is 317 g/mol. The van der Waals surface area contributed by atoms with E-state index in [1.54, 1.807) is 0 Å². The van der Waals surface area contributed by atoms with E-state index < -0.39 is 0 Å². The Hall–Kier alpha value is -1.59. The summed E-state index contributed by atoms with van der Waals surface area (Å²) in [4.78, 5) is 14.4. The summed E-state index contributed by atoms with van der Waals surface area (Å²) >= 11 is 0. The number of hydrogen-bond donors (Lipinski definition) is 2. The van der Waals surface area contributed by atoms with Gasteiger partial charge in [-0.25, -0.2) is 4.79 Å². The van der Waals surface area contributed by atoms with Gasteiger partial charge in [-0.3, -0.25) is 0 Å². The van der Waals surface area contributed by atoms with E-state index >= 15 is 0 Å². The van der Waals surface area contributed by atoms with Gasteiger partial charge in [0.1, 0.15) is 6.61 Å². The van der Waals surface area contributed by atoms with Gasteiger partial charge in [-0.2, -0.15) is 0 Å². The standard InChI is InChI=1S/C18H27N3O2/c22-18(23-14-15-4-2-1-3-5-15)20-17-7-10-21(11-8-17)13-16-6-9-19-12-16/h1-5,16-17,19H,6-14H2,(H,20,22)/t16-/m0/s1.